The second kappa shape index (κ2) is 21.1. The minimum absolute atomic E-state index is 0. The molecular weight excluding hydrogens is 567 g/mol. The average Bonchev–Trinajstić information content (AvgIpc) is 2.93. The number of nitrogens with zero attached hydrogens (tertiary/aromatic N) is 6. The summed E-state index contributed by atoms with van der Waals surface area (Å²) in [6.45, 7) is 8.09. The van der Waals surface area contributed by atoms with Crippen LogP contribution < -0.4 is 0 Å². The van der Waals surface area contributed by atoms with Crippen molar-refractivity contribution in [2.24, 2.45) is 9.98 Å². The Balaban J connectivity index is 0.000000604. The molecule has 6 nitrogen and oxygen atoms in total. The van der Waals surface area contributed by atoms with E-state index in [0.29, 0.717) is 0 Å². The Morgan fingerprint density at radius 2 is 0.923 bits per heavy atom. The second-order valence-corrected chi connectivity index (χ2v) is 8.04. The molecule has 0 spiro atoms. The summed E-state index contributed by atoms with van der Waals surface area (Å²) in [7, 11) is 0. The first kappa shape index (κ1) is 35.2. The van der Waals surface area contributed by atoms with E-state index >= 15 is 0 Å². The van der Waals surface area contributed by atoms with Gasteiger partial charge in [-0.05, 0) is 76.2 Å². The molecule has 39 heavy (non-hydrogen) atoms. The normalized spacial score (nSPS) is 9.85. The molecule has 2 aromatic heterocycles. The SMILES string of the molecule is CC(=Nc1ccc(C)cc1)c1ccccn1.CC(=Nc1ccc(C)cc1)c1ccccn1.[N-]=C=S.[N-]=C=S.[Ni+2]. The van der Waals surface area contributed by atoms with E-state index in [-0.39, 0.29) is 16.5 Å². The first-order valence-corrected chi connectivity index (χ1v) is 12.3. The minimum atomic E-state index is 0. The van der Waals surface area contributed by atoms with Crippen molar-refractivity contribution >= 4 is 57.6 Å². The fourth-order valence-corrected chi connectivity index (χ4v) is 2.89. The molecule has 200 valence electrons. The summed E-state index contributed by atoms with van der Waals surface area (Å²) in [5.74, 6) is 0. The zero-order chi connectivity index (χ0) is 28.2. The maximum Gasteiger partial charge on any atom is 2.00 e. The zero-order valence-electron chi connectivity index (χ0n) is 22.1. The number of pyridine rings is 2. The van der Waals surface area contributed by atoms with Gasteiger partial charge in [-0.15, -0.1) is 0 Å². The van der Waals surface area contributed by atoms with Crippen LogP contribution in [0.5, 0.6) is 0 Å². The topological polar surface area (TPSA) is 95.1 Å². The van der Waals surface area contributed by atoms with Gasteiger partial charge in [0, 0.05) is 12.4 Å². The first-order valence-electron chi connectivity index (χ1n) is 11.4. The van der Waals surface area contributed by atoms with E-state index in [1.807, 2.05) is 74.5 Å². The number of hydrogen-bond acceptors (Lipinski definition) is 6. The predicted octanol–water partition coefficient (Wildman–Crippen LogP) is 8.38. The third-order valence-corrected chi connectivity index (χ3v) is 4.73. The number of aliphatic imine (C=N–C) groups is 2. The summed E-state index contributed by atoms with van der Waals surface area (Å²) in [5.41, 5.74) is 8.13. The van der Waals surface area contributed by atoms with Crippen molar-refractivity contribution in [3.8, 4) is 0 Å². The standard InChI is InChI=1S/2C14H14N2.2CNS.Ni/c2*1-11-6-8-13(9-7-11)16-12(2)14-5-3-4-10-15-14;2*2-1-3;/h2*3-10H,1-2H3;;;/q;;2*-1;+2. The van der Waals surface area contributed by atoms with Crippen molar-refractivity contribution in [3.63, 3.8) is 0 Å². The van der Waals surface area contributed by atoms with Crippen LogP contribution in [0, 0.1) is 13.8 Å². The number of benzene rings is 2. The molecule has 0 aliphatic carbocycles. The van der Waals surface area contributed by atoms with Crippen molar-refractivity contribution in [1.29, 1.82) is 0 Å². The molecular formula is C30H28N6NiS2. The number of aryl methyl sites for hydroxylation is 2. The van der Waals surface area contributed by atoms with Crippen LogP contribution in [0.3, 0.4) is 0 Å². The predicted molar refractivity (Wildman–Crippen MR) is 166 cm³/mol. The number of isothiocyanates is 2. The fourth-order valence-electron chi connectivity index (χ4n) is 2.89. The van der Waals surface area contributed by atoms with Gasteiger partial charge < -0.3 is 10.8 Å². The van der Waals surface area contributed by atoms with E-state index < -0.39 is 0 Å². The number of aromatic nitrogens is 2. The van der Waals surface area contributed by atoms with Gasteiger partial charge in [-0.3, -0.25) is 20.0 Å². The number of hydrogen-bond donors (Lipinski definition) is 0. The van der Waals surface area contributed by atoms with Crippen molar-refractivity contribution in [3.05, 3.63) is 131 Å². The van der Waals surface area contributed by atoms with Gasteiger partial charge in [0.05, 0.1) is 34.2 Å². The third kappa shape index (κ3) is 15.2. The summed E-state index contributed by atoms with van der Waals surface area (Å²) in [5, 5.41) is 16.9. The second-order valence-electron chi connectivity index (χ2n) is 7.68. The van der Waals surface area contributed by atoms with Crippen LogP contribution >= 0.6 is 24.4 Å². The summed E-state index contributed by atoms with van der Waals surface area (Å²) in [6.07, 6.45) is 3.56. The van der Waals surface area contributed by atoms with E-state index in [1.165, 1.54) is 21.4 Å². The summed E-state index contributed by atoms with van der Waals surface area (Å²) in [6, 6.07) is 28.0. The molecule has 0 saturated heterocycles. The van der Waals surface area contributed by atoms with Crippen LogP contribution in [-0.4, -0.2) is 31.7 Å². The van der Waals surface area contributed by atoms with Crippen LogP contribution in [0.2, 0.25) is 0 Å². The Kier molecular flexibility index (Phi) is 19.1. The molecule has 0 aliphatic rings. The Morgan fingerprint density at radius 1 is 0.615 bits per heavy atom. The van der Waals surface area contributed by atoms with E-state index in [9.17, 15) is 0 Å². The fraction of sp³-hybridized carbons (Fsp3) is 0.133. The average molecular weight is 595 g/mol. The van der Waals surface area contributed by atoms with Crippen molar-refractivity contribution in [2.75, 3.05) is 0 Å². The maximum atomic E-state index is 7.13. The molecule has 4 aromatic rings. The van der Waals surface area contributed by atoms with Gasteiger partial charge in [0.2, 0.25) is 0 Å². The smallest absolute Gasteiger partial charge is 0.753 e. The van der Waals surface area contributed by atoms with Gasteiger partial charge in [0.1, 0.15) is 0 Å². The Hall–Kier alpha value is -3.83. The Bertz CT molecular complexity index is 1250. The van der Waals surface area contributed by atoms with Gasteiger partial charge in [-0.2, -0.15) is 10.3 Å². The van der Waals surface area contributed by atoms with Crippen LogP contribution in [0.15, 0.2) is 107 Å². The van der Waals surface area contributed by atoms with E-state index in [4.69, 9.17) is 10.8 Å². The summed E-state index contributed by atoms with van der Waals surface area (Å²) in [4.78, 5) is 17.6. The van der Waals surface area contributed by atoms with Crippen molar-refractivity contribution in [1.82, 2.24) is 9.97 Å². The summed E-state index contributed by atoms with van der Waals surface area (Å²) >= 11 is 7.40. The largest absolute Gasteiger partial charge is 2.00 e. The van der Waals surface area contributed by atoms with Gasteiger partial charge in [-0.1, -0.05) is 72.0 Å². The maximum absolute atomic E-state index is 7.13. The quantitative estimate of drug-likeness (QED) is 0.135. The Labute approximate surface area is 251 Å². The molecule has 4 rings (SSSR count). The first-order chi connectivity index (χ1) is 18.3. The summed E-state index contributed by atoms with van der Waals surface area (Å²) < 4.78 is 0. The Morgan fingerprint density at radius 3 is 1.18 bits per heavy atom. The monoisotopic (exact) mass is 594 g/mol. The molecule has 0 radical (unpaired) electrons. The molecule has 0 bridgehead atoms. The van der Waals surface area contributed by atoms with Crippen molar-refractivity contribution < 1.29 is 16.5 Å². The molecule has 0 aliphatic heterocycles. The molecule has 0 amide bonds. The van der Waals surface area contributed by atoms with Gasteiger partial charge in [0.15, 0.2) is 0 Å². The molecule has 2 aromatic carbocycles. The molecule has 0 fully saturated rings. The molecule has 0 saturated carbocycles. The van der Waals surface area contributed by atoms with E-state index in [1.54, 1.807) is 12.4 Å². The molecule has 0 N–H and O–H groups in total. The molecule has 9 heteroatoms. The van der Waals surface area contributed by atoms with Crippen molar-refractivity contribution in [2.45, 2.75) is 27.7 Å². The van der Waals surface area contributed by atoms with Gasteiger partial charge in [0.25, 0.3) is 0 Å². The minimum Gasteiger partial charge on any atom is -0.753 e. The van der Waals surface area contributed by atoms with Gasteiger partial charge >= 0.3 is 16.5 Å². The molecule has 0 unspecified atom stereocenters. The van der Waals surface area contributed by atoms with E-state index in [0.717, 1.165) is 34.2 Å². The molecule has 2 heterocycles. The number of thiocarbonyl (C=S) groups is 2. The third-order valence-electron chi connectivity index (χ3n) is 4.73. The van der Waals surface area contributed by atoms with Crippen LogP contribution in [0.1, 0.15) is 36.4 Å². The number of rotatable bonds is 4. The molecule has 0 atom stereocenters. The van der Waals surface area contributed by atoms with Crippen LogP contribution in [0.25, 0.3) is 10.8 Å². The zero-order valence-corrected chi connectivity index (χ0v) is 24.7. The van der Waals surface area contributed by atoms with E-state index in [2.05, 4.69) is 82.5 Å². The van der Waals surface area contributed by atoms with Crippen LogP contribution in [-0.2, 0) is 16.5 Å². The van der Waals surface area contributed by atoms with Crippen LogP contribution in [0.4, 0.5) is 11.4 Å². The van der Waals surface area contributed by atoms with Gasteiger partial charge in [-0.25, -0.2) is 0 Å².